The van der Waals surface area contributed by atoms with Crippen LogP contribution < -0.4 is 5.43 Å². The Bertz CT molecular complexity index is 1010. The number of fused-ring (bicyclic) bond motifs is 1. The van der Waals surface area contributed by atoms with E-state index < -0.39 is 0 Å². The summed E-state index contributed by atoms with van der Waals surface area (Å²) >= 11 is 9.14. The number of benzene rings is 2. The number of amides is 1. The molecule has 0 unspecified atom stereocenters. The van der Waals surface area contributed by atoms with Gasteiger partial charge in [-0.05, 0) is 47.1 Å². The number of phenolic OH excluding ortho intramolecular Hbond substituents is 1. The third kappa shape index (κ3) is 3.81. The molecule has 0 saturated carbocycles. The Hall–Kier alpha value is -2.44. The minimum atomic E-state index is -0.362. The van der Waals surface area contributed by atoms with Crippen LogP contribution in [0.2, 0.25) is 5.02 Å². The zero-order valence-corrected chi connectivity index (χ0v) is 15.5. The van der Waals surface area contributed by atoms with Crippen LogP contribution in [0.1, 0.15) is 21.6 Å². The van der Waals surface area contributed by atoms with Crippen molar-refractivity contribution in [2.45, 2.75) is 6.92 Å². The van der Waals surface area contributed by atoms with Gasteiger partial charge in [0.1, 0.15) is 5.75 Å². The molecule has 1 aromatic heterocycles. The first-order chi connectivity index (χ1) is 12.0. The van der Waals surface area contributed by atoms with E-state index in [4.69, 9.17) is 11.6 Å². The van der Waals surface area contributed by atoms with Crippen LogP contribution in [0.5, 0.6) is 5.75 Å². The number of halogens is 2. The standard InChI is InChI=1S/C18H13BrClN3O2/c1-10-6-14(13-4-2-3-5-16(13)22-10)18(25)23-21-9-11-7-12(20)8-15(19)17(11)24/h2-9,24H,1H3,(H,23,25)/b21-9-. The Balaban J connectivity index is 1.87. The summed E-state index contributed by atoms with van der Waals surface area (Å²) in [6, 6.07) is 12.2. The van der Waals surface area contributed by atoms with Crippen LogP contribution in [0.3, 0.4) is 0 Å². The van der Waals surface area contributed by atoms with Gasteiger partial charge in [-0.15, -0.1) is 0 Å². The minimum Gasteiger partial charge on any atom is -0.506 e. The number of carbonyl (C=O) groups excluding carboxylic acids is 1. The molecule has 0 aliphatic carbocycles. The van der Waals surface area contributed by atoms with Crippen molar-refractivity contribution in [1.29, 1.82) is 0 Å². The van der Waals surface area contributed by atoms with E-state index in [0.717, 1.165) is 16.6 Å². The number of nitrogens with zero attached hydrogens (tertiary/aromatic N) is 2. The number of nitrogens with one attached hydrogen (secondary N) is 1. The highest BCUT2D eigenvalue weighted by atomic mass is 79.9. The topological polar surface area (TPSA) is 74.6 Å². The normalized spacial score (nSPS) is 11.2. The van der Waals surface area contributed by atoms with Gasteiger partial charge in [-0.25, -0.2) is 5.43 Å². The lowest BCUT2D eigenvalue weighted by Gasteiger charge is -2.06. The van der Waals surface area contributed by atoms with Crippen molar-refractivity contribution >= 4 is 50.6 Å². The fraction of sp³-hybridized carbons (Fsp3) is 0.0556. The van der Waals surface area contributed by atoms with E-state index in [-0.39, 0.29) is 11.7 Å². The molecule has 0 aliphatic heterocycles. The number of phenols is 1. The first kappa shape index (κ1) is 17.4. The Kier molecular flexibility index (Phi) is 5.01. The number of aromatic hydroxyl groups is 1. The summed E-state index contributed by atoms with van der Waals surface area (Å²) in [5, 5.41) is 15.1. The second-order valence-corrected chi connectivity index (χ2v) is 6.64. The lowest BCUT2D eigenvalue weighted by molar-refractivity contribution is 0.0956. The van der Waals surface area contributed by atoms with E-state index >= 15 is 0 Å². The molecule has 0 atom stereocenters. The minimum absolute atomic E-state index is 0.00685. The Labute approximate surface area is 157 Å². The van der Waals surface area contributed by atoms with Crippen molar-refractivity contribution in [3.8, 4) is 5.75 Å². The zero-order chi connectivity index (χ0) is 18.0. The van der Waals surface area contributed by atoms with Gasteiger partial charge in [-0.2, -0.15) is 5.10 Å². The van der Waals surface area contributed by atoms with Crippen LogP contribution in [0, 0.1) is 6.92 Å². The summed E-state index contributed by atoms with van der Waals surface area (Å²) < 4.78 is 0.448. The lowest BCUT2D eigenvalue weighted by Crippen LogP contribution is -2.18. The summed E-state index contributed by atoms with van der Waals surface area (Å²) in [6.45, 7) is 1.83. The molecular formula is C18H13BrClN3O2. The zero-order valence-electron chi connectivity index (χ0n) is 13.1. The molecule has 0 aliphatic rings. The average Bonchev–Trinajstić information content (AvgIpc) is 2.58. The number of hydrogen-bond acceptors (Lipinski definition) is 4. The van der Waals surface area contributed by atoms with Gasteiger partial charge >= 0.3 is 0 Å². The van der Waals surface area contributed by atoms with Crippen molar-refractivity contribution in [2.75, 3.05) is 0 Å². The van der Waals surface area contributed by atoms with Gasteiger partial charge in [0.15, 0.2) is 0 Å². The second-order valence-electron chi connectivity index (χ2n) is 5.35. The maximum atomic E-state index is 12.5. The molecule has 0 bridgehead atoms. The summed E-state index contributed by atoms with van der Waals surface area (Å²) in [5.74, 6) is -0.369. The summed E-state index contributed by atoms with van der Waals surface area (Å²) in [5.41, 5.74) is 4.82. The SMILES string of the molecule is Cc1cc(C(=O)N/N=C\c2cc(Cl)cc(Br)c2O)c2ccccc2n1. The summed E-state index contributed by atoms with van der Waals surface area (Å²) in [6.07, 6.45) is 1.33. The maximum Gasteiger partial charge on any atom is 0.272 e. The lowest BCUT2D eigenvalue weighted by atomic mass is 10.1. The highest BCUT2D eigenvalue weighted by molar-refractivity contribution is 9.10. The first-order valence-electron chi connectivity index (χ1n) is 7.33. The Morgan fingerprint density at radius 3 is 2.88 bits per heavy atom. The van der Waals surface area contributed by atoms with Crippen molar-refractivity contribution in [1.82, 2.24) is 10.4 Å². The maximum absolute atomic E-state index is 12.5. The molecule has 0 radical (unpaired) electrons. The molecule has 7 heteroatoms. The summed E-state index contributed by atoms with van der Waals surface area (Å²) in [7, 11) is 0. The van der Waals surface area contributed by atoms with E-state index in [2.05, 4.69) is 31.4 Å². The molecule has 1 heterocycles. The van der Waals surface area contributed by atoms with Crippen LogP contribution in [-0.4, -0.2) is 22.2 Å². The number of hydrogen-bond donors (Lipinski definition) is 2. The number of hydrazone groups is 1. The van der Waals surface area contributed by atoms with Crippen molar-refractivity contribution in [2.24, 2.45) is 5.10 Å². The van der Waals surface area contributed by atoms with Crippen LogP contribution in [0.4, 0.5) is 0 Å². The van der Waals surface area contributed by atoms with Gasteiger partial charge in [0, 0.05) is 21.7 Å². The number of carbonyl (C=O) groups is 1. The third-order valence-corrected chi connectivity index (χ3v) is 4.34. The predicted molar refractivity (Wildman–Crippen MR) is 102 cm³/mol. The highest BCUT2D eigenvalue weighted by Gasteiger charge is 2.11. The largest absolute Gasteiger partial charge is 0.506 e. The quantitative estimate of drug-likeness (QED) is 0.488. The molecule has 2 N–H and O–H groups in total. The van der Waals surface area contributed by atoms with E-state index in [1.54, 1.807) is 18.2 Å². The highest BCUT2D eigenvalue weighted by Crippen LogP contribution is 2.30. The molecule has 2 aromatic carbocycles. The van der Waals surface area contributed by atoms with Crippen LogP contribution in [-0.2, 0) is 0 Å². The monoisotopic (exact) mass is 417 g/mol. The van der Waals surface area contributed by atoms with Gasteiger partial charge in [0.05, 0.1) is 21.8 Å². The van der Waals surface area contributed by atoms with Gasteiger partial charge in [0.2, 0.25) is 0 Å². The van der Waals surface area contributed by atoms with Crippen LogP contribution in [0.15, 0.2) is 52.0 Å². The molecule has 126 valence electrons. The molecule has 0 saturated heterocycles. The van der Waals surface area contributed by atoms with Gasteiger partial charge in [0.25, 0.3) is 5.91 Å². The average molecular weight is 419 g/mol. The second kappa shape index (κ2) is 7.21. The van der Waals surface area contributed by atoms with Gasteiger partial charge < -0.3 is 5.11 Å². The first-order valence-corrected chi connectivity index (χ1v) is 8.50. The molecule has 3 aromatic rings. The smallest absolute Gasteiger partial charge is 0.272 e. The molecule has 1 amide bonds. The van der Waals surface area contributed by atoms with E-state index in [1.165, 1.54) is 6.21 Å². The summed E-state index contributed by atoms with van der Waals surface area (Å²) in [4.78, 5) is 16.9. The van der Waals surface area contributed by atoms with Crippen molar-refractivity contribution in [3.05, 3.63) is 68.8 Å². The molecule has 0 fully saturated rings. The molecule has 3 rings (SSSR count). The third-order valence-electron chi connectivity index (χ3n) is 3.52. The molecule has 5 nitrogen and oxygen atoms in total. The van der Waals surface area contributed by atoms with Gasteiger partial charge in [-0.1, -0.05) is 29.8 Å². The van der Waals surface area contributed by atoms with E-state index in [9.17, 15) is 9.90 Å². The predicted octanol–water partition coefficient (Wildman–Crippen LogP) is 4.43. The van der Waals surface area contributed by atoms with Crippen LogP contribution >= 0.6 is 27.5 Å². The molecular weight excluding hydrogens is 406 g/mol. The fourth-order valence-electron chi connectivity index (χ4n) is 2.40. The van der Waals surface area contributed by atoms with Crippen molar-refractivity contribution < 1.29 is 9.90 Å². The number of pyridine rings is 1. The van der Waals surface area contributed by atoms with Gasteiger partial charge in [-0.3, -0.25) is 9.78 Å². The number of aryl methyl sites for hydroxylation is 1. The van der Waals surface area contributed by atoms with Crippen LogP contribution in [0.25, 0.3) is 10.9 Å². The van der Waals surface area contributed by atoms with E-state index in [0.29, 0.717) is 20.6 Å². The van der Waals surface area contributed by atoms with E-state index in [1.807, 2.05) is 31.2 Å². The molecule has 0 spiro atoms. The molecule has 25 heavy (non-hydrogen) atoms. The van der Waals surface area contributed by atoms with Crippen molar-refractivity contribution in [3.63, 3.8) is 0 Å². The fourth-order valence-corrected chi connectivity index (χ4v) is 3.23. The number of aromatic nitrogens is 1. The Morgan fingerprint density at radius 2 is 2.08 bits per heavy atom. The number of rotatable bonds is 3. The Morgan fingerprint density at radius 1 is 1.32 bits per heavy atom. The number of para-hydroxylation sites is 1.